The van der Waals surface area contributed by atoms with Crippen LogP contribution >= 0.6 is 11.8 Å². The van der Waals surface area contributed by atoms with Crippen LogP contribution in [0.5, 0.6) is 0 Å². The summed E-state index contributed by atoms with van der Waals surface area (Å²) in [7, 11) is 0. The summed E-state index contributed by atoms with van der Waals surface area (Å²) in [5, 5.41) is -0.309. The van der Waals surface area contributed by atoms with E-state index in [-0.39, 0.29) is 23.7 Å². The van der Waals surface area contributed by atoms with Crippen LogP contribution in [0.15, 0.2) is 54.6 Å². The van der Waals surface area contributed by atoms with Gasteiger partial charge in [0.05, 0.1) is 5.25 Å². The SMILES string of the molecule is CC(SCc1ccccc1)C(=O)OCC(=O)N1CCCc2ccccc21. The largest absolute Gasteiger partial charge is 0.455 e. The molecule has 1 atom stereocenters. The standard InChI is InChI=1S/C21H23NO3S/c1-16(26-15-17-8-3-2-4-9-17)21(24)25-14-20(23)22-13-7-11-18-10-5-6-12-19(18)22/h2-6,8-10,12,16H,7,11,13-15H2,1H3. The molecule has 1 heterocycles. The molecule has 0 aromatic heterocycles. The molecule has 3 rings (SSSR count). The molecule has 0 aliphatic carbocycles. The van der Waals surface area contributed by atoms with Crippen LogP contribution in [-0.4, -0.2) is 30.3 Å². The van der Waals surface area contributed by atoms with Crippen molar-refractivity contribution >= 4 is 29.3 Å². The summed E-state index contributed by atoms with van der Waals surface area (Å²) in [6, 6.07) is 17.9. The molecule has 0 radical (unpaired) electrons. The first-order valence-corrected chi connectivity index (χ1v) is 9.90. The third-order valence-electron chi connectivity index (χ3n) is 4.42. The predicted octanol–water partition coefficient (Wildman–Crippen LogP) is 3.83. The number of para-hydroxylation sites is 1. The van der Waals surface area contributed by atoms with Gasteiger partial charge in [-0.05, 0) is 37.0 Å². The van der Waals surface area contributed by atoms with E-state index in [2.05, 4.69) is 0 Å². The Morgan fingerprint density at radius 3 is 2.65 bits per heavy atom. The van der Waals surface area contributed by atoms with Gasteiger partial charge in [-0.3, -0.25) is 9.59 Å². The van der Waals surface area contributed by atoms with Crippen molar-refractivity contribution in [2.24, 2.45) is 0 Å². The van der Waals surface area contributed by atoms with Crippen LogP contribution < -0.4 is 4.90 Å². The molecule has 2 aromatic rings. The van der Waals surface area contributed by atoms with Gasteiger partial charge in [0, 0.05) is 18.0 Å². The molecule has 26 heavy (non-hydrogen) atoms. The van der Waals surface area contributed by atoms with Crippen molar-refractivity contribution in [3.63, 3.8) is 0 Å². The van der Waals surface area contributed by atoms with Gasteiger partial charge in [0.2, 0.25) is 0 Å². The van der Waals surface area contributed by atoms with Crippen molar-refractivity contribution in [1.82, 2.24) is 0 Å². The van der Waals surface area contributed by atoms with E-state index in [0.29, 0.717) is 6.54 Å². The zero-order chi connectivity index (χ0) is 18.4. The summed E-state index contributed by atoms with van der Waals surface area (Å²) in [5.74, 6) is 0.236. The number of fused-ring (bicyclic) bond motifs is 1. The number of carbonyl (C=O) groups excluding carboxylic acids is 2. The summed E-state index contributed by atoms with van der Waals surface area (Å²) in [5.41, 5.74) is 3.27. The fourth-order valence-corrected chi connectivity index (χ4v) is 3.82. The summed E-state index contributed by atoms with van der Waals surface area (Å²) in [6.07, 6.45) is 1.91. The molecule has 2 aromatic carbocycles. The molecule has 1 amide bonds. The zero-order valence-corrected chi connectivity index (χ0v) is 15.7. The number of anilines is 1. The molecule has 1 unspecified atom stereocenters. The Hall–Kier alpha value is -2.27. The smallest absolute Gasteiger partial charge is 0.319 e. The average molecular weight is 369 g/mol. The summed E-state index contributed by atoms with van der Waals surface area (Å²) in [4.78, 5) is 26.4. The van der Waals surface area contributed by atoms with Gasteiger partial charge in [0.15, 0.2) is 6.61 Å². The highest BCUT2D eigenvalue weighted by Gasteiger charge is 2.24. The lowest BCUT2D eigenvalue weighted by Crippen LogP contribution is -2.38. The van der Waals surface area contributed by atoms with Crippen molar-refractivity contribution in [2.45, 2.75) is 30.8 Å². The number of aryl methyl sites for hydroxylation is 1. The fraction of sp³-hybridized carbons (Fsp3) is 0.333. The number of amides is 1. The minimum absolute atomic E-state index is 0.161. The van der Waals surface area contributed by atoms with E-state index in [1.54, 1.807) is 4.90 Å². The predicted molar refractivity (Wildman–Crippen MR) is 105 cm³/mol. The maximum absolute atomic E-state index is 12.5. The first-order valence-electron chi connectivity index (χ1n) is 8.85. The Kier molecular flexibility index (Phi) is 6.34. The molecule has 0 N–H and O–H groups in total. The molecule has 1 aliphatic rings. The van der Waals surface area contributed by atoms with Crippen molar-refractivity contribution < 1.29 is 14.3 Å². The van der Waals surface area contributed by atoms with Gasteiger partial charge >= 0.3 is 5.97 Å². The maximum Gasteiger partial charge on any atom is 0.319 e. The number of carbonyl (C=O) groups is 2. The van der Waals surface area contributed by atoms with Crippen molar-refractivity contribution in [1.29, 1.82) is 0 Å². The van der Waals surface area contributed by atoms with E-state index in [4.69, 9.17) is 4.74 Å². The molecule has 0 saturated carbocycles. The molecule has 0 spiro atoms. The molecule has 0 saturated heterocycles. The summed E-state index contributed by atoms with van der Waals surface area (Å²) < 4.78 is 5.27. The summed E-state index contributed by atoms with van der Waals surface area (Å²) >= 11 is 1.51. The van der Waals surface area contributed by atoms with Gasteiger partial charge in [0.1, 0.15) is 0 Å². The molecule has 0 bridgehead atoms. The highest BCUT2D eigenvalue weighted by atomic mass is 32.2. The van der Waals surface area contributed by atoms with Crippen LogP contribution in [0.4, 0.5) is 5.69 Å². The Morgan fingerprint density at radius 1 is 1.12 bits per heavy atom. The highest BCUT2D eigenvalue weighted by molar-refractivity contribution is 7.99. The average Bonchev–Trinajstić information content (AvgIpc) is 2.70. The zero-order valence-electron chi connectivity index (χ0n) is 14.9. The first kappa shape index (κ1) is 18.5. The minimum atomic E-state index is -0.343. The van der Waals surface area contributed by atoms with Gasteiger partial charge in [0.25, 0.3) is 5.91 Å². The second kappa shape index (κ2) is 8.90. The lowest BCUT2D eigenvalue weighted by molar-refractivity contribution is -0.147. The Morgan fingerprint density at radius 2 is 1.85 bits per heavy atom. The highest BCUT2D eigenvalue weighted by Crippen LogP contribution is 2.26. The number of esters is 1. The van der Waals surface area contributed by atoms with Crippen molar-refractivity contribution in [3.8, 4) is 0 Å². The monoisotopic (exact) mass is 369 g/mol. The van der Waals surface area contributed by atoms with Crippen LogP contribution in [0.3, 0.4) is 0 Å². The van der Waals surface area contributed by atoms with Crippen LogP contribution in [0.1, 0.15) is 24.5 Å². The van der Waals surface area contributed by atoms with Gasteiger partial charge in [-0.2, -0.15) is 0 Å². The number of rotatable bonds is 6. The van der Waals surface area contributed by atoms with E-state index in [9.17, 15) is 9.59 Å². The van der Waals surface area contributed by atoms with Gasteiger partial charge < -0.3 is 9.64 Å². The topological polar surface area (TPSA) is 46.6 Å². The fourth-order valence-electron chi connectivity index (χ4n) is 2.98. The van der Waals surface area contributed by atoms with Gasteiger partial charge in [-0.15, -0.1) is 11.8 Å². The number of nitrogens with zero attached hydrogens (tertiary/aromatic N) is 1. The van der Waals surface area contributed by atoms with Crippen molar-refractivity contribution in [2.75, 3.05) is 18.1 Å². The molecule has 0 fully saturated rings. The van der Waals surface area contributed by atoms with Crippen LogP contribution in [0, 0.1) is 0 Å². The Balaban J connectivity index is 1.49. The van der Waals surface area contributed by atoms with Crippen LogP contribution in [0.2, 0.25) is 0 Å². The maximum atomic E-state index is 12.5. The number of hydrogen-bond acceptors (Lipinski definition) is 4. The lowest BCUT2D eigenvalue weighted by Gasteiger charge is -2.29. The third kappa shape index (κ3) is 4.67. The second-order valence-corrected chi connectivity index (χ2v) is 7.65. The molecule has 5 heteroatoms. The van der Waals surface area contributed by atoms with Crippen LogP contribution in [-0.2, 0) is 26.5 Å². The second-order valence-electron chi connectivity index (χ2n) is 6.32. The Bertz CT molecular complexity index is 763. The number of thioether (sulfide) groups is 1. The number of ether oxygens (including phenoxy) is 1. The summed E-state index contributed by atoms with van der Waals surface area (Å²) in [6.45, 7) is 2.28. The van der Waals surface area contributed by atoms with Crippen molar-refractivity contribution in [3.05, 3.63) is 65.7 Å². The molecule has 4 nitrogen and oxygen atoms in total. The normalized spacial score (nSPS) is 14.4. The first-order chi connectivity index (χ1) is 12.6. The number of hydrogen-bond donors (Lipinski definition) is 0. The van der Waals surface area contributed by atoms with Crippen LogP contribution in [0.25, 0.3) is 0 Å². The number of benzene rings is 2. The molecule has 136 valence electrons. The van der Waals surface area contributed by atoms with E-state index in [0.717, 1.165) is 29.8 Å². The van der Waals surface area contributed by atoms with E-state index in [1.165, 1.54) is 17.3 Å². The van der Waals surface area contributed by atoms with Gasteiger partial charge in [-0.25, -0.2) is 0 Å². The van der Waals surface area contributed by atoms with Gasteiger partial charge in [-0.1, -0.05) is 48.5 Å². The van der Waals surface area contributed by atoms with E-state index < -0.39 is 0 Å². The quantitative estimate of drug-likeness (QED) is 0.726. The van der Waals surface area contributed by atoms with E-state index in [1.807, 2.05) is 61.5 Å². The van der Waals surface area contributed by atoms with E-state index >= 15 is 0 Å². The Labute approximate surface area is 158 Å². The minimum Gasteiger partial charge on any atom is -0.455 e. The molecule has 1 aliphatic heterocycles. The third-order valence-corrected chi connectivity index (χ3v) is 5.62. The molecular formula is C21H23NO3S. The lowest BCUT2D eigenvalue weighted by atomic mass is 10.0. The molecular weight excluding hydrogens is 346 g/mol.